The zero-order chi connectivity index (χ0) is 13.1. The summed E-state index contributed by atoms with van der Waals surface area (Å²) in [4.78, 5) is 22.3. The van der Waals surface area contributed by atoms with E-state index < -0.39 is 17.5 Å². The van der Waals surface area contributed by atoms with Gasteiger partial charge in [-0.1, -0.05) is 6.58 Å². The molecular formula is C13H14O4. The van der Waals surface area contributed by atoms with Crippen LogP contribution in [0, 0.1) is 0 Å². The quantitative estimate of drug-likeness (QED) is 0.642. The molecule has 0 spiro atoms. The standard InChI is InChI=1S/C13H14O4/c1-4-13(2,3)17-12(16)10-7-5-9(6-8-10)11(14)15/h4-8H,1H2,2-3H3,(H,14,15). The van der Waals surface area contributed by atoms with Gasteiger partial charge in [0.25, 0.3) is 0 Å². The minimum absolute atomic E-state index is 0.129. The van der Waals surface area contributed by atoms with Gasteiger partial charge < -0.3 is 9.84 Å². The Morgan fingerprint density at radius 1 is 1.24 bits per heavy atom. The first-order valence-electron chi connectivity index (χ1n) is 5.06. The van der Waals surface area contributed by atoms with Gasteiger partial charge >= 0.3 is 11.9 Å². The summed E-state index contributed by atoms with van der Waals surface area (Å²) in [6.07, 6.45) is 1.52. The first-order valence-corrected chi connectivity index (χ1v) is 5.06. The number of ether oxygens (including phenoxy) is 1. The van der Waals surface area contributed by atoms with Crippen LogP contribution in [0.4, 0.5) is 0 Å². The van der Waals surface area contributed by atoms with E-state index in [2.05, 4.69) is 6.58 Å². The van der Waals surface area contributed by atoms with Crippen LogP contribution in [0.1, 0.15) is 34.6 Å². The van der Waals surface area contributed by atoms with Crippen LogP contribution in [0.3, 0.4) is 0 Å². The van der Waals surface area contributed by atoms with E-state index in [9.17, 15) is 9.59 Å². The fraction of sp³-hybridized carbons (Fsp3) is 0.231. The molecule has 0 unspecified atom stereocenters. The van der Waals surface area contributed by atoms with E-state index in [0.29, 0.717) is 5.56 Å². The molecule has 0 heterocycles. The lowest BCUT2D eigenvalue weighted by Gasteiger charge is -2.20. The third-order valence-corrected chi connectivity index (χ3v) is 2.21. The maximum absolute atomic E-state index is 11.7. The molecule has 0 radical (unpaired) electrons. The molecule has 0 amide bonds. The predicted octanol–water partition coefficient (Wildman–Crippen LogP) is 2.51. The molecule has 0 aliphatic carbocycles. The lowest BCUT2D eigenvalue weighted by atomic mass is 10.1. The Morgan fingerprint density at radius 2 is 1.71 bits per heavy atom. The summed E-state index contributed by atoms with van der Waals surface area (Å²) in [5.41, 5.74) is -0.308. The SMILES string of the molecule is C=CC(C)(C)OC(=O)c1ccc(C(=O)O)cc1. The Balaban J connectivity index is 2.84. The van der Waals surface area contributed by atoms with E-state index >= 15 is 0 Å². The second kappa shape index (κ2) is 4.82. The molecule has 1 aromatic carbocycles. The van der Waals surface area contributed by atoms with Crippen LogP contribution < -0.4 is 0 Å². The van der Waals surface area contributed by atoms with E-state index in [1.54, 1.807) is 13.8 Å². The summed E-state index contributed by atoms with van der Waals surface area (Å²) in [6.45, 7) is 6.99. The van der Waals surface area contributed by atoms with Gasteiger partial charge in [0.1, 0.15) is 5.60 Å². The van der Waals surface area contributed by atoms with Crippen LogP contribution in [-0.4, -0.2) is 22.6 Å². The number of carboxylic acid groups (broad SMARTS) is 1. The van der Waals surface area contributed by atoms with Crippen LogP contribution >= 0.6 is 0 Å². The summed E-state index contributed by atoms with van der Waals surface area (Å²) in [5.74, 6) is -1.54. The molecule has 0 aliphatic rings. The highest BCUT2D eigenvalue weighted by atomic mass is 16.6. The molecule has 1 N–H and O–H groups in total. The summed E-state index contributed by atoms with van der Waals surface area (Å²) in [5, 5.41) is 8.71. The third kappa shape index (κ3) is 3.45. The average molecular weight is 234 g/mol. The van der Waals surface area contributed by atoms with Crippen molar-refractivity contribution in [3.8, 4) is 0 Å². The van der Waals surface area contributed by atoms with Gasteiger partial charge in [0.05, 0.1) is 11.1 Å². The largest absolute Gasteiger partial charge is 0.478 e. The molecule has 17 heavy (non-hydrogen) atoms. The van der Waals surface area contributed by atoms with Crippen LogP contribution in [-0.2, 0) is 4.74 Å². The van der Waals surface area contributed by atoms with Gasteiger partial charge in [-0.05, 0) is 44.2 Å². The number of hydrogen-bond donors (Lipinski definition) is 1. The highest BCUT2D eigenvalue weighted by molar-refractivity contribution is 5.92. The zero-order valence-electron chi connectivity index (χ0n) is 9.77. The highest BCUT2D eigenvalue weighted by Gasteiger charge is 2.19. The summed E-state index contributed by atoms with van der Waals surface area (Å²) < 4.78 is 5.17. The lowest BCUT2D eigenvalue weighted by molar-refractivity contribution is 0.0174. The minimum Gasteiger partial charge on any atom is -0.478 e. The van der Waals surface area contributed by atoms with Crippen molar-refractivity contribution in [2.75, 3.05) is 0 Å². The van der Waals surface area contributed by atoms with Gasteiger partial charge in [-0.3, -0.25) is 0 Å². The maximum Gasteiger partial charge on any atom is 0.338 e. The Bertz CT molecular complexity index is 443. The topological polar surface area (TPSA) is 63.6 Å². The molecule has 4 nitrogen and oxygen atoms in total. The molecule has 0 fully saturated rings. The normalized spacial score (nSPS) is 10.7. The van der Waals surface area contributed by atoms with Gasteiger partial charge in [0.2, 0.25) is 0 Å². The van der Waals surface area contributed by atoms with Crippen LogP contribution in [0.5, 0.6) is 0 Å². The van der Waals surface area contributed by atoms with Gasteiger partial charge in [0.15, 0.2) is 0 Å². The summed E-state index contributed by atoms with van der Waals surface area (Å²) in [6, 6.07) is 5.57. The molecule has 0 saturated heterocycles. The number of carbonyl (C=O) groups is 2. The number of hydrogen-bond acceptors (Lipinski definition) is 3. The van der Waals surface area contributed by atoms with E-state index in [4.69, 9.17) is 9.84 Å². The molecule has 4 heteroatoms. The van der Waals surface area contributed by atoms with E-state index in [1.165, 1.54) is 30.3 Å². The number of esters is 1. The third-order valence-electron chi connectivity index (χ3n) is 2.21. The molecule has 1 rings (SSSR count). The van der Waals surface area contributed by atoms with Crippen molar-refractivity contribution >= 4 is 11.9 Å². The van der Waals surface area contributed by atoms with Crippen molar-refractivity contribution in [2.45, 2.75) is 19.4 Å². The van der Waals surface area contributed by atoms with E-state index in [-0.39, 0.29) is 5.56 Å². The Hall–Kier alpha value is -2.10. The fourth-order valence-corrected chi connectivity index (χ4v) is 1.09. The lowest BCUT2D eigenvalue weighted by Crippen LogP contribution is -2.25. The molecule has 0 atom stereocenters. The molecule has 0 bridgehead atoms. The second-order valence-electron chi connectivity index (χ2n) is 4.08. The van der Waals surface area contributed by atoms with Crippen LogP contribution in [0.25, 0.3) is 0 Å². The van der Waals surface area contributed by atoms with Gasteiger partial charge in [-0.15, -0.1) is 0 Å². The molecular weight excluding hydrogens is 220 g/mol. The summed E-state index contributed by atoms with van der Waals surface area (Å²) >= 11 is 0. The van der Waals surface area contributed by atoms with Crippen molar-refractivity contribution in [1.29, 1.82) is 0 Å². The van der Waals surface area contributed by atoms with E-state index in [0.717, 1.165) is 0 Å². The zero-order valence-corrected chi connectivity index (χ0v) is 9.77. The maximum atomic E-state index is 11.7. The van der Waals surface area contributed by atoms with Crippen LogP contribution in [0.2, 0.25) is 0 Å². The minimum atomic E-state index is -1.03. The number of benzene rings is 1. The Kier molecular flexibility index (Phi) is 3.68. The van der Waals surface area contributed by atoms with Crippen molar-refractivity contribution in [3.63, 3.8) is 0 Å². The summed E-state index contributed by atoms with van der Waals surface area (Å²) in [7, 11) is 0. The second-order valence-corrected chi connectivity index (χ2v) is 4.08. The average Bonchev–Trinajstić information content (AvgIpc) is 2.28. The number of rotatable bonds is 4. The van der Waals surface area contributed by atoms with Gasteiger partial charge in [-0.25, -0.2) is 9.59 Å². The van der Waals surface area contributed by atoms with Crippen molar-refractivity contribution in [1.82, 2.24) is 0 Å². The monoisotopic (exact) mass is 234 g/mol. The highest BCUT2D eigenvalue weighted by Crippen LogP contribution is 2.14. The first kappa shape index (κ1) is 13.0. The molecule has 1 aromatic rings. The van der Waals surface area contributed by atoms with E-state index in [1.807, 2.05) is 0 Å². The predicted molar refractivity (Wildman–Crippen MR) is 63.1 cm³/mol. The Morgan fingerprint density at radius 3 is 2.12 bits per heavy atom. The number of aromatic carboxylic acids is 1. The molecule has 90 valence electrons. The molecule has 0 saturated carbocycles. The first-order chi connectivity index (χ1) is 7.85. The van der Waals surface area contributed by atoms with Gasteiger partial charge in [0, 0.05) is 0 Å². The van der Waals surface area contributed by atoms with Crippen LogP contribution in [0.15, 0.2) is 36.9 Å². The number of carboxylic acids is 1. The number of carbonyl (C=O) groups excluding carboxylic acids is 1. The van der Waals surface area contributed by atoms with Gasteiger partial charge in [-0.2, -0.15) is 0 Å². The van der Waals surface area contributed by atoms with Crippen molar-refractivity contribution < 1.29 is 19.4 Å². The molecule has 0 aliphatic heterocycles. The van der Waals surface area contributed by atoms with Crippen molar-refractivity contribution in [2.24, 2.45) is 0 Å². The Labute approximate surface area is 99.5 Å². The fourth-order valence-electron chi connectivity index (χ4n) is 1.09. The molecule has 0 aromatic heterocycles. The smallest absolute Gasteiger partial charge is 0.338 e. The van der Waals surface area contributed by atoms with Crippen molar-refractivity contribution in [3.05, 3.63) is 48.0 Å².